The summed E-state index contributed by atoms with van der Waals surface area (Å²) in [7, 11) is -3.88. The van der Waals surface area contributed by atoms with Gasteiger partial charge in [-0.2, -0.15) is 17.0 Å². The van der Waals surface area contributed by atoms with Crippen molar-refractivity contribution in [3.05, 3.63) is 0 Å². The summed E-state index contributed by atoms with van der Waals surface area (Å²) >= 11 is 0. The van der Waals surface area contributed by atoms with Crippen molar-refractivity contribution >= 4 is 10.2 Å². The van der Waals surface area contributed by atoms with Crippen LogP contribution in [0.3, 0.4) is 0 Å². The molecule has 1 aliphatic rings. The molecule has 0 atom stereocenters. The van der Waals surface area contributed by atoms with E-state index >= 15 is 0 Å². The predicted molar refractivity (Wildman–Crippen MR) is 63.6 cm³/mol. The average Bonchev–Trinajstić information content (AvgIpc) is 2.28. The van der Waals surface area contributed by atoms with Crippen LogP contribution >= 0.6 is 0 Å². The van der Waals surface area contributed by atoms with Crippen LogP contribution < -0.4 is 0 Å². The molecule has 1 saturated heterocycles. The minimum atomic E-state index is -3.88. The highest BCUT2D eigenvalue weighted by Gasteiger charge is 2.33. The number of halogens is 2. The molecule has 0 bridgehead atoms. The van der Waals surface area contributed by atoms with Crippen molar-refractivity contribution in [2.75, 3.05) is 32.8 Å². The van der Waals surface area contributed by atoms with E-state index in [1.54, 1.807) is 0 Å². The van der Waals surface area contributed by atoms with Gasteiger partial charge < -0.3 is 5.11 Å². The van der Waals surface area contributed by atoms with E-state index in [2.05, 4.69) is 0 Å². The Bertz CT molecular complexity index is 343. The van der Waals surface area contributed by atoms with Crippen LogP contribution in [0.4, 0.5) is 8.78 Å². The molecule has 0 saturated carbocycles. The van der Waals surface area contributed by atoms with Crippen molar-refractivity contribution in [1.29, 1.82) is 0 Å². The molecule has 0 aromatic carbocycles. The molecule has 1 heterocycles. The van der Waals surface area contributed by atoms with E-state index in [0.29, 0.717) is 23.3 Å². The number of alkyl halides is 2. The van der Waals surface area contributed by atoms with Gasteiger partial charge >= 0.3 is 0 Å². The highest BCUT2D eigenvalue weighted by Crippen LogP contribution is 2.21. The fourth-order valence-electron chi connectivity index (χ4n) is 1.95. The topological polar surface area (TPSA) is 60.9 Å². The van der Waals surface area contributed by atoms with Crippen LogP contribution in [0.25, 0.3) is 0 Å². The molecule has 0 amide bonds. The van der Waals surface area contributed by atoms with Gasteiger partial charge in [0, 0.05) is 19.6 Å². The Labute approximate surface area is 107 Å². The second-order valence-electron chi connectivity index (χ2n) is 4.56. The van der Waals surface area contributed by atoms with Crippen molar-refractivity contribution in [3.63, 3.8) is 0 Å². The molecule has 5 nitrogen and oxygen atoms in total. The van der Waals surface area contributed by atoms with E-state index < -0.39 is 29.8 Å². The van der Waals surface area contributed by atoms with Gasteiger partial charge in [-0.05, 0) is 18.8 Å². The summed E-state index contributed by atoms with van der Waals surface area (Å²) in [6.45, 7) is 1.13. The van der Waals surface area contributed by atoms with Gasteiger partial charge in [-0.3, -0.25) is 0 Å². The zero-order valence-electron chi connectivity index (χ0n) is 10.4. The van der Waals surface area contributed by atoms with Gasteiger partial charge in [0.2, 0.25) is 0 Å². The molecule has 0 aromatic rings. The number of aliphatic hydroxyl groups is 1. The summed E-state index contributed by atoms with van der Waals surface area (Å²) in [6.07, 6.45) is -1.27. The van der Waals surface area contributed by atoms with Gasteiger partial charge in [0.15, 0.2) is 0 Å². The fraction of sp³-hybridized carbons (Fsp3) is 1.00. The lowest BCUT2D eigenvalue weighted by atomic mass is 10.0. The normalized spacial score (nSPS) is 19.9. The Kier molecular flexibility index (Phi) is 5.90. The molecule has 18 heavy (non-hydrogen) atoms. The first-order valence-electron chi connectivity index (χ1n) is 6.02. The summed E-state index contributed by atoms with van der Waals surface area (Å²) in [4.78, 5) is 0. The summed E-state index contributed by atoms with van der Waals surface area (Å²) in [5.41, 5.74) is 0. The van der Waals surface area contributed by atoms with E-state index in [-0.39, 0.29) is 6.54 Å². The molecular formula is C10H20F2N2O3S. The second kappa shape index (κ2) is 6.74. The zero-order valence-corrected chi connectivity index (χ0v) is 11.2. The molecule has 1 aliphatic heterocycles. The lowest BCUT2D eigenvalue weighted by Gasteiger charge is -2.33. The molecule has 108 valence electrons. The number of hydrogen-bond acceptors (Lipinski definition) is 3. The molecule has 1 fully saturated rings. The van der Waals surface area contributed by atoms with E-state index in [1.165, 1.54) is 4.31 Å². The van der Waals surface area contributed by atoms with E-state index in [1.807, 2.05) is 6.92 Å². The van der Waals surface area contributed by atoms with Gasteiger partial charge in [-0.1, -0.05) is 6.92 Å². The van der Waals surface area contributed by atoms with Crippen LogP contribution in [0, 0.1) is 5.92 Å². The summed E-state index contributed by atoms with van der Waals surface area (Å²) in [6, 6.07) is 0. The maximum absolute atomic E-state index is 12.4. The number of piperidine rings is 1. The Morgan fingerprint density at radius 2 is 1.94 bits per heavy atom. The third kappa shape index (κ3) is 4.11. The Balaban J connectivity index is 2.74. The molecule has 0 aliphatic carbocycles. The number of nitrogens with zero attached hydrogens (tertiary/aromatic N) is 2. The minimum absolute atomic E-state index is 0.293. The number of aliphatic hydroxyl groups excluding tert-OH is 1. The Morgan fingerprint density at radius 3 is 2.39 bits per heavy atom. The molecule has 1 rings (SSSR count). The largest absolute Gasteiger partial charge is 0.395 e. The van der Waals surface area contributed by atoms with Gasteiger partial charge in [0.25, 0.3) is 16.6 Å². The Hall–Kier alpha value is -0.310. The van der Waals surface area contributed by atoms with Crippen molar-refractivity contribution in [3.8, 4) is 0 Å². The summed E-state index contributed by atoms with van der Waals surface area (Å²) < 4.78 is 50.9. The maximum atomic E-state index is 12.4. The van der Waals surface area contributed by atoms with Crippen LogP contribution in [-0.2, 0) is 10.2 Å². The van der Waals surface area contributed by atoms with E-state index in [0.717, 1.165) is 12.8 Å². The standard InChI is InChI=1S/C10H20F2N2O3S/c1-9-2-4-13(5-3-9)18(16,17)14(6-7-15)8-10(11)12/h9-10,15H,2-8H2,1H3. The van der Waals surface area contributed by atoms with Crippen molar-refractivity contribution in [1.82, 2.24) is 8.61 Å². The highest BCUT2D eigenvalue weighted by molar-refractivity contribution is 7.86. The van der Waals surface area contributed by atoms with Gasteiger partial charge in [0.1, 0.15) is 0 Å². The van der Waals surface area contributed by atoms with Gasteiger partial charge in [-0.15, -0.1) is 0 Å². The maximum Gasteiger partial charge on any atom is 0.282 e. The lowest BCUT2D eigenvalue weighted by molar-refractivity contribution is 0.108. The first-order valence-corrected chi connectivity index (χ1v) is 7.42. The quantitative estimate of drug-likeness (QED) is 0.774. The zero-order chi connectivity index (χ0) is 13.8. The van der Waals surface area contributed by atoms with Crippen LogP contribution in [0.2, 0.25) is 0 Å². The molecular weight excluding hydrogens is 266 g/mol. The van der Waals surface area contributed by atoms with Crippen LogP contribution in [-0.4, -0.2) is 61.3 Å². The van der Waals surface area contributed by atoms with E-state index in [4.69, 9.17) is 5.11 Å². The van der Waals surface area contributed by atoms with Crippen molar-refractivity contribution < 1.29 is 22.3 Å². The molecule has 0 aromatic heterocycles. The average molecular weight is 286 g/mol. The predicted octanol–water partition coefficient (Wildman–Crippen LogP) is 0.522. The van der Waals surface area contributed by atoms with Crippen LogP contribution in [0.1, 0.15) is 19.8 Å². The fourth-order valence-corrected chi connectivity index (χ4v) is 3.56. The Morgan fingerprint density at radius 1 is 1.39 bits per heavy atom. The third-order valence-electron chi connectivity index (χ3n) is 3.09. The minimum Gasteiger partial charge on any atom is -0.395 e. The first-order chi connectivity index (χ1) is 8.37. The lowest BCUT2D eigenvalue weighted by Crippen LogP contribution is -2.49. The molecule has 0 radical (unpaired) electrons. The third-order valence-corrected chi connectivity index (χ3v) is 5.09. The van der Waals surface area contributed by atoms with E-state index in [9.17, 15) is 17.2 Å². The molecule has 8 heteroatoms. The smallest absolute Gasteiger partial charge is 0.282 e. The van der Waals surface area contributed by atoms with Crippen molar-refractivity contribution in [2.45, 2.75) is 26.2 Å². The summed E-state index contributed by atoms with van der Waals surface area (Å²) in [5.74, 6) is 0.456. The van der Waals surface area contributed by atoms with Crippen LogP contribution in [0.5, 0.6) is 0 Å². The monoisotopic (exact) mass is 286 g/mol. The van der Waals surface area contributed by atoms with Gasteiger partial charge in [-0.25, -0.2) is 8.78 Å². The summed E-state index contributed by atoms with van der Waals surface area (Å²) in [5, 5.41) is 8.78. The number of hydrogen-bond donors (Lipinski definition) is 1. The SMILES string of the molecule is CC1CCN(S(=O)(=O)N(CCO)CC(F)F)CC1. The molecule has 0 unspecified atom stereocenters. The first kappa shape index (κ1) is 15.7. The highest BCUT2D eigenvalue weighted by atomic mass is 32.2. The van der Waals surface area contributed by atoms with Crippen molar-refractivity contribution in [2.24, 2.45) is 5.92 Å². The van der Waals surface area contributed by atoms with Gasteiger partial charge in [0.05, 0.1) is 13.2 Å². The number of rotatable bonds is 6. The molecule has 0 spiro atoms. The second-order valence-corrected chi connectivity index (χ2v) is 6.49. The molecule has 1 N–H and O–H groups in total. The van der Waals surface area contributed by atoms with Crippen LogP contribution in [0.15, 0.2) is 0 Å².